The second-order valence-electron chi connectivity index (χ2n) is 14.1. The van der Waals surface area contributed by atoms with E-state index in [1.807, 2.05) is 10.8 Å². The number of hydrogen-bond acceptors (Lipinski definition) is 7. The van der Waals surface area contributed by atoms with Crippen LogP contribution in [0.25, 0.3) is 0 Å². The summed E-state index contributed by atoms with van der Waals surface area (Å²) in [6.07, 6.45) is 5.63. The molecule has 276 valence electrons. The molecule has 0 aromatic heterocycles. The molecule has 0 bridgehead atoms. The van der Waals surface area contributed by atoms with Gasteiger partial charge < -0.3 is 24.4 Å². The molecule has 0 spiro atoms. The number of ether oxygens (including phenoxy) is 3. The minimum atomic E-state index is -4.61. The lowest BCUT2D eigenvalue weighted by Gasteiger charge is -2.36. The van der Waals surface area contributed by atoms with Gasteiger partial charge in [0, 0.05) is 24.7 Å². The van der Waals surface area contributed by atoms with Gasteiger partial charge in [-0.15, -0.1) is 0 Å². The third-order valence-electron chi connectivity index (χ3n) is 8.97. The molecule has 1 heterocycles. The van der Waals surface area contributed by atoms with Crippen LogP contribution in [0.1, 0.15) is 71.3 Å². The normalized spacial score (nSPS) is 17.0. The molecule has 1 atom stereocenters. The number of rotatable bonds is 12. The van der Waals surface area contributed by atoms with Gasteiger partial charge in [-0.25, -0.2) is 13.2 Å². The van der Waals surface area contributed by atoms with Gasteiger partial charge in [0.2, 0.25) is 15.9 Å². The van der Waals surface area contributed by atoms with Crippen LogP contribution in [0.15, 0.2) is 83.8 Å². The summed E-state index contributed by atoms with van der Waals surface area (Å²) in [4.78, 5) is 27.1. The van der Waals surface area contributed by atoms with Gasteiger partial charge in [0.05, 0.1) is 11.5 Å². The zero-order valence-corrected chi connectivity index (χ0v) is 30.1. The topological polar surface area (TPSA) is 123 Å². The first-order valence-electron chi connectivity index (χ1n) is 17.4. The molecule has 1 aliphatic heterocycles. The minimum absolute atomic E-state index is 0.0183. The third-order valence-corrected chi connectivity index (χ3v) is 10.4. The van der Waals surface area contributed by atoms with Crippen molar-refractivity contribution in [2.24, 2.45) is 5.92 Å². The first-order chi connectivity index (χ1) is 24.2. The summed E-state index contributed by atoms with van der Waals surface area (Å²) in [6, 6.07) is 16.4. The van der Waals surface area contributed by atoms with Crippen molar-refractivity contribution in [2.75, 3.05) is 19.7 Å². The summed E-state index contributed by atoms with van der Waals surface area (Å²) in [5.74, 6) is -3.35. The maximum atomic E-state index is 16.5. The second-order valence-corrected chi connectivity index (χ2v) is 15.9. The Kier molecular flexibility index (Phi) is 12.2. The molecule has 5 rings (SSSR count). The Bertz CT molecular complexity index is 1700. The van der Waals surface area contributed by atoms with Gasteiger partial charge in [0.25, 0.3) is 5.92 Å². The molecule has 1 saturated carbocycles. The number of alkyl halides is 2. The molecule has 51 heavy (non-hydrogen) atoms. The maximum absolute atomic E-state index is 16.5. The Morgan fingerprint density at radius 2 is 1.41 bits per heavy atom. The van der Waals surface area contributed by atoms with E-state index in [1.165, 1.54) is 47.7 Å². The van der Waals surface area contributed by atoms with Crippen molar-refractivity contribution >= 4 is 22.0 Å². The van der Waals surface area contributed by atoms with Crippen molar-refractivity contribution in [1.82, 2.24) is 14.9 Å². The van der Waals surface area contributed by atoms with E-state index in [2.05, 4.69) is 5.32 Å². The van der Waals surface area contributed by atoms with E-state index in [0.29, 0.717) is 24.0 Å². The predicted molar refractivity (Wildman–Crippen MR) is 188 cm³/mol. The molecule has 1 aliphatic carbocycles. The van der Waals surface area contributed by atoms with Crippen LogP contribution in [0.5, 0.6) is 17.2 Å². The highest BCUT2D eigenvalue weighted by molar-refractivity contribution is 7.89. The largest absolute Gasteiger partial charge is 0.493 e. The lowest BCUT2D eigenvalue weighted by Crippen LogP contribution is -2.58. The quantitative estimate of drug-likeness (QED) is 0.200. The van der Waals surface area contributed by atoms with Crippen LogP contribution in [0.3, 0.4) is 0 Å². The average Bonchev–Trinajstić information content (AvgIpc) is 3.10. The summed E-state index contributed by atoms with van der Waals surface area (Å²) >= 11 is 0. The third kappa shape index (κ3) is 10.6. The zero-order chi connectivity index (χ0) is 36.6. The number of carbonyl (C=O) groups excluding carboxylic acids is 2. The lowest BCUT2D eigenvalue weighted by atomic mass is 9.90. The summed E-state index contributed by atoms with van der Waals surface area (Å²) in [7, 11) is -4.61. The van der Waals surface area contributed by atoms with Crippen molar-refractivity contribution in [3.8, 4) is 17.2 Å². The van der Waals surface area contributed by atoms with E-state index in [-0.39, 0.29) is 42.6 Å². The van der Waals surface area contributed by atoms with Crippen molar-refractivity contribution in [1.29, 1.82) is 0 Å². The smallest absolute Gasteiger partial charge is 0.407 e. The molecule has 13 heteroatoms. The van der Waals surface area contributed by atoms with Gasteiger partial charge in [-0.3, -0.25) is 4.79 Å². The molecule has 2 aliphatic rings. The van der Waals surface area contributed by atoms with Crippen LogP contribution in [-0.4, -0.2) is 62.7 Å². The van der Waals surface area contributed by atoms with Crippen LogP contribution in [0.2, 0.25) is 0 Å². The Labute approximate surface area is 298 Å². The first-order valence-corrected chi connectivity index (χ1v) is 18.9. The van der Waals surface area contributed by atoms with Gasteiger partial charge >= 0.3 is 6.09 Å². The number of hydrogen-bond donors (Lipinski definition) is 2. The number of nitrogens with one attached hydrogen (secondary N) is 2. The second kappa shape index (κ2) is 16.4. The molecule has 3 aromatic rings. The molecule has 2 N–H and O–H groups in total. The van der Waals surface area contributed by atoms with Crippen LogP contribution < -0.4 is 19.5 Å². The van der Waals surface area contributed by atoms with Gasteiger partial charge in [0.15, 0.2) is 6.04 Å². The van der Waals surface area contributed by atoms with E-state index >= 15 is 8.78 Å². The molecule has 1 saturated heterocycles. The Hall–Kier alpha value is -4.23. The summed E-state index contributed by atoms with van der Waals surface area (Å²) in [6.45, 7) is 5.76. The van der Waals surface area contributed by atoms with Gasteiger partial charge in [-0.1, -0.05) is 37.5 Å². The van der Waals surface area contributed by atoms with Crippen molar-refractivity contribution in [2.45, 2.75) is 94.2 Å². The molecule has 0 radical (unpaired) electrons. The Morgan fingerprint density at radius 3 is 2.02 bits per heavy atom. The maximum Gasteiger partial charge on any atom is 0.407 e. The van der Waals surface area contributed by atoms with Crippen molar-refractivity contribution in [3.63, 3.8) is 0 Å². The number of halogens is 2. The SMILES string of the molecule is CC(C)(C)OC(=O)NC1CCN(C(=O)C(NS(=O)(=O)c2ccc(OCC3CCCCC3)cc2)C(F)(F)c2ccc(Oc3ccccc3)cc2)CC1. The minimum Gasteiger partial charge on any atom is -0.493 e. The number of likely N-dealkylation sites (tertiary alicyclic amines) is 1. The molecule has 2 fully saturated rings. The van der Waals surface area contributed by atoms with Crippen LogP contribution in [-0.2, 0) is 25.5 Å². The van der Waals surface area contributed by atoms with Crippen molar-refractivity contribution < 1.29 is 41.0 Å². The fraction of sp³-hybridized carbons (Fsp3) is 0.474. The highest BCUT2D eigenvalue weighted by atomic mass is 32.2. The van der Waals surface area contributed by atoms with E-state index < -0.39 is 45.2 Å². The highest BCUT2D eigenvalue weighted by Crippen LogP contribution is 2.36. The fourth-order valence-electron chi connectivity index (χ4n) is 6.22. The summed E-state index contributed by atoms with van der Waals surface area (Å²) in [5, 5.41) is 2.75. The number of nitrogens with zero attached hydrogens (tertiary/aromatic N) is 1. The van der Waals surface area contributed by atoms with Crippen LogP contribution in [0, 0.1) is 5.92 Å². The Balaban J connectivity index is 1.33. The number of piperidine rings is 1. The molecular formula is C38H47F2N3O7S. The fourth-order valence-corrected chi connectivity index (χ4v) is 7.41. The monoisotopic (exact) mass is 727 g/mol. The number of alkyl carbamates (subject to hydrolysis) is 1. The summed E-state index contributed by atoms with van der Waals surface area (Å²) in [5.41, 5.74) is -1.28. The molecule has 2 amide bonds. The molecular weight excluding hydrogens is 680 g/mol. The Morgan fingerprint density at radius 1 is 0.824 bits per heavy atom. The van der Waals surface area contributed by atoms with E-state index in [1.54, 1.807) is 45.0 Å². The van der Waals surface area contributed by atoms with Gasteiger partial charge in [-0.05, 0) is 113 Å². The molecule has 3 aromatic carbocycles. The summed E-state index contributed by atoms with van der Waals surface area (Å²) < 4.78 is 79.2. The van der Waals surface area contributed by atoms with Gasteiger partial charge in [-0.2, -0.15) is 13.5 Å². The highest BCUT2D eigenvalue weighted by Gasteiger charge is 2.50. The standard InChI is InChI=1S/C38H47F2N3O7S/c1-37(2,3)50-36(45)41-29-22-24-43(25-23-29)35(44)34(38(39,40)28-14-16-32(17-15-28)49-31-12-8-5-9-13-31)42-51(46,47)33-20-18-30(19-21-33)48-26-27-10-6-4-7-11-27/h5,8-9,12-21,27,29,34,42H,4,6-7,10-11,22-26H2,1-3H3,(H,41,45). The van der Waals surface area contributed by atoms with E-state index in [9.17, 15) is 18.0 Å². The average molecular weight is 728 g/mol. The van der Waals surface area contributed by atoms with Crippen molar-refractivity contribution in [3.05, 3.63) is 84.4 Å². The number of amides is 2. The van der Waals surface area contributed by atoms with E-state index in [4.69, 9.17) is 14.2 Å². The number of carbonyl (C=O) groups is 2. The predicted octanol–water partition coefficient (Wildman–Crippen LogP) is 7.39. The molecule has 10 nitrogen and oxygen atoms in total. The number of benzene rings is 3. The number of sulfonamides is 1. The zero-order valence-electron chi connectivity index (χ0n) is 29.3. The first kappa shape index (κ1) is 38.0. The van der Waals surface area contributed by atoms with Crippen LogP contribution in [0.4, 0.5) is 13.6 Å². The molecule has 1 unspecified atom stereocenters. The number of para-hydroxylation sites is 1. The van der Waals surface area contributed by atoms with Gasteiger partial charge in [0.1, 0.15) is 22.8 Å². The van der Waals surface area contributed by atoms with E-state index in [0.717, 1.165) is 37.8 Å². The lowest BCUT2D eigenvalue weighted by molar-refractivity contribution is -0.145. The van der Waals surface area contributed by atoms with Crippen LogP contribution >= 0.6 is 0 Å².